The Morgan fingerprint density at radius 1 is 1.05 bits per heavy atom. The monoisotopic (exact) mass is 287 g/mol. The van der Waals surface area contributed by atoms with Crippen LogP contribution in [0.3, 0.4) is 0 Å². The third-order valence-corrected chi connectivity index (χ3v) is 2.63. The molecule has 6 heteroatoms. The number of ether oxygens (including phenoxy) is 2. The highest BCUT2D eigenvalue weighted by atomic mass is 16.6. The number of nitrogens with two attached hydrogens (primary N) is 1. The van der Waals surface area contributed by atoms with E-state index in [1.807, 2.05) is 46.9 Å². The summed E-state index contributed by atoms with van der Waals surface area (Å²) in [6.45, 7) is 12.5. The number of piperazine rings is 1. The van der Waals surface area contributed by atoms with Crippen LogP contribution in [0, 0.1) is 0 Å². The molecule has 1 aliphatic rings. The van der Waals surface area contributed by atoms with Crippen molar-refractivity contribution in [2.75, 3.05) is 19.6 Å². The molecule has 0 spiro atoms. The molecule has 0 aromatic carbocycles. The molecule has 6 nitrogen and oxygen atoms in total. The number of nitrogens with zero attached hydrogens (tertiary/aromatic N) is 1. The SMILES string of the molecule is CC(C)(C)OC(=O)[C@H]1CN(C(=O)OC(C)(C)C)CC[NH2+]1. The van der Waals surface area contributed by atoms with Crippen LogP contribution in [0.1, 0.15) is 41.5 Å². The second-order valence-corrected chi connectivity index (χ2v) is 7.09. The summed E-state index contributed by atoms with van der Waals surface area (Å²) in [5, 5.41) is 1.91. The molecule has 0 aromatic heterocycles. The summed E-state index contributed by atoms with van der Waals surface area (Å²) < 4.78 is 10.7. The first-order chi connectivity index (χ1) is 8.98. The second kappa shape index (κ2) is 5.99. The Morgan fingerprint density at radius 3 is 2.10 bits per heavy atom. The second-order valence-electron chi connectivity index (χ2n) is 7.09. The average Bonchev–Trinajstić information content (AvgIpc) is 2.24. The van der Waals surface area contributed by atoms with Crippen LogP contribution in [0.15, 0.2) is 0 Å². The van der Waals surface area contributed by atoms with Crippen molar-refractivity contribution >= 4 is 12.1 Å². The van der Waals surface area contributed by atoms with Crippen molar-refractivity contribution in [2.24, 2.45) is 0 Å². The van der Waals surface area contributed by atoms with Crippen molar-refractivity contribution in [3.63, 3.8) is 0 Å². The zero-order chi connectivity index (χ0) is 15.6. The molecular weight excluding hydrogens is 260 g/mol. The molecule has 2 N–H and O–H groups in total. The van der Waals surface area contributed by atoms with E-state index in [0.717, 1.165) is 0 Å². The lowest BCUT2D eigenvalue weighted by molar-refractivity contribution is -0.686. The van der Waals surface area contributed by atoms with Gasteiger partial charge in [-0.3, -0.25) is 4.90 Å². The highest BCUT2D eigenvalue weighted by Gasteiger charge is 2.36. The van der Waals surface area contributed by atoms with Crippen LogP contribution in [-0.4, -0.2) is 53.8 Å². The predicted octanol–water partition coefficient (Wildman–Crippen LogP) is 0.511. The third kappa shape index (κ3) is 5.77. The summed E-state index contributed by atoms with van der Waals surface area (Å²) in [4.78, 5) is 25.6. The van der Waals surface area contributed by atoms with E-state index in [-0.39, 0.29) is 18.1 Å². The number of carbonyl (C=O) groups is 2. The molecule has 1 amide bonds. The van der Waals surface area contributed by atoms with Gasteiger partial charge >= 0.3 is 12.1 Å². The van der Waals surface area contributed by atoms with E-state index in [0.29, 0.717) is 19.6 Å². The molecule has 0 aromatic rings. The molecule has 1 heterocycles. The van der Waals surface area contributed by atoms with Crippen molar-refractivity contribution in [1.29, 1.82) is 0 Å². The Balaban J connectivity index is 2.58. The Morgan fingerprint density at radius 2 is 1.60 bits per heavy atom. The molecule has 0 unspecified atom stereocenters. The molecule has 1 atom stereocenters. The number of hydrogen-bond donors (Lipinski definition) is 1. The Kier molecular flexibility index (Phi) is 5.02. The van der Waals surface area contributed by atoms with Crippen molar-refractivity contribution < 1.29 is 24.4 Å². The van der Waals surface area contributed by atoms with Crippen LogP contribution in [0.25, 0.3) is 0 Å². The lowest BCUT2D eigenvalue weighted by Crippen LogP contribution is -2.97. The molecule has 0 bridgehead atoms. The van der Waals surface area contributed by atoms with E-state index < -0.39 is 11.2 Å². The summed E-state index contributed by atoms with van der Waals surface area (Å²) in [5.74, 6) is -0.286. The first-order valence-corrected chi connectivity index (χ1v) is 7.02. The maximum Gasteiger partial charge on any atom is 0.410 e. The highest BCUT2D eigenvalue weighted by Crippen LogP contribution is 2.12. The Hall–Kier alpha value is -1.30. The van der Waals surface area contributed by atoms with Gasteiger partial charge in [0.25, 0.3) is 0 Å². The van der Waals surface area contributed by atoms with Crippen molar-refractivity contribution in [1.82, 2.24) is 4.90 Å². The van der Waals surface area contributed by atoms with Crippen LogP contribution in [0.5, 0.6) is 0 Å². The maximum absolute atomic E-state index is 12.0. The Labute approximate surface area is 120 Å². The van der Waals surface area contributed by atoms with Gasteiger partial charge in [-0.05, 0) is 41.5 Å². The number of amides is 1. The lowest BCUT2D eigenvalue weighted by atomic mass is 10.1. The van der Waals surface area contributed by atoms with E-state index in [2.05, 4.69) is 0 Å². The number of quaternary nitrogens is 1. The molecule has 1 aliphatic heterocycles. The van der Waals surface area contributed by atoms with E-state index in [1.54, 1.807) is 4.90 Å². The molecule has 0 saturated carbocycles. The predicted molar refractivity (Wildman–Crippen MR) is 74.2 cm³/mol. The fraction of sp³-hybridized carbons (Fsp3) is 0.857. The van der Waals surface area contributed by atoms with Gasteiger partial charge in [-0.1, -0.05) is 0 Å². The van der Waals surface area contributed by atoms with Gasteiger partial charge in [0.05, 0.1) is 19.6 Å². The summed E-state index contributed by atoms with van der Waals surface area (Å²) in [6.07, 6.45) is -0.376. The van der Waals surface area contributed by atoms with Crippen LogP contribution in [-0.2, 0) is 14.3 Å². The largest absolute Gasteiger partial charge is 0.456 e. The van der Waals surface area contributed by atoms with E-state index in [4.69, 9.17) is 9.47 Å². The van der Waals surface area contributed by atoms with Crippen LogP contribution < -0.4 is 5.32 Å². The van der Waals surface area contributed by atoms with Gasteiger partial charge < -0.3 is 14.8 Å². The van der Waals surface area contributed by atoms with E-state index in [1.165, 1.54) is 0 Å². The van der Waals surface area contributed by atoms with Gasteiger partial charge in [0.15, 0.2) is 0 Å². The van der Waals surface area contributed by atoms with Crippen molar-refractivity contribution in [2.45, 2.75) is 58.8 Å². The summed E-state index contributed by atoms with van der Waals surface area (Å²) in [6, 6.07) is -0.379. The molecule has 1 rings (SSSR count). The molecule has 116 valence electrons. The first kappa shape index (κ1) is 16.8. The van der Waals surface area contributed by atoms with Crippen LogP contribution >= 0.6 is 0 Å². The smallest absolute Gasteiger partial charge is 0.410 e. The molecule has 0 radical (unpaired) electrons. The molecule has 0 aliphatic carbocycles. The molecular formula is C14H27N2O4+. The third-order valence-electron chi connectivity index (χ3n) is 2.63. The normalized spacial score (nSPS) is 20.5. The highest BCUT2D eigenvalue weighted by molar-refractivity contribution is 5.76. The number of rotatable bonds is 1. The minimum Gasteiger partial charge on any atom is -0.456 e. The van der Waals surface area contributed by atoms with Crippen molar-refractivity contribution in [3.8, 4) is 0 Å². The van der Waals surface area contributed by atoms with E-state index >= 15 is 0 Å². The van der Waals surface area contributed by atoms with Crippen LogP contribution in [0.4, 0.5) is 4.79 Å². The maximum atomic E-state index is 12.0. The van der Waals surface area contributed by atoms with E-state index in [9.17, 15) is 9.59 Å². The zero-order valence-electron chi connectivity index (χ0n) is 13.4. The summed E-state index contributed by atoms with van der Waals surface area (Å²) in [7, 11) is 0. The summed E-state index contributed by atoms with van der Waals surface area (Å²) in [5.41, 5.74) is -1.04. The van der Waals surface area contributed by atoms with Crippen LogP contribution in [0.2, 0.25) is 0 Å². The molecule has 20 heavy (non-hydrogen) atoms. The van der Waals surface area contributed by atoms with Crippen molar-refractivity contribution in [3.05, 3.63) is 0 Å². The number of carbonyl (C=O) groups excluding carboxylic acids is 2. The molecule has 1 saturated heterocycles. The average molecular weight is 287 g/mol. The van der Waals surface area contributed by atoms with Gasteiger partial charge in [0.2, 0.25) is 6.04 Å². The zero-order valence-corrected chi connectivity index (χ0v) is 13.4. The number of esters is 1. The molecule has 1 fully saturated rings. The minimum atomic E-state index is -0.528. The van der Waals surface area contributed by atoms with Gasteiger partial charge in [-0.25, -0.2) is 9.59 Å². The summed E-state index contributed by atoms with van der Waals surface area (Å²) >= 11 is 0. The first-order valence-electron chi connectivity index (χ1n) is 7.02. The lowest BCUT2D eigenvalue weighted by Gasteiger charge is -2.32. The standard InChI is InChI=1S/C14H26N2O4/c1-13(2,3)19-11(17)10-9-16(8-7-15-10)12(18)20-14(4,5)6/h10,15H,7-9H2,1-6H3/p+1/t10-/m1/s1. The quantitative estimate of drug-likeness (QED) is 0.713. The minimum absolute atomic E-state index is 0.286. The fourth-order valence-corrected chi connectivity index (χ4v) is 1.88. The van der Waals surface area contributed by atoms with Gasteiger partial charge in [0, 0.05) is 0 Å². The van der Waals surface area contributed by atoms with Gasteiger partial charge in [-0.15, -0.1) is 0 Å². The Bertz CT molecular complexity index is 334. The fourth-order valence-electron chi connectivity index (χ4n) is 1.88. The van der Waals surface area contributed by atoms with Gasteiger partial charge in [0.1, 0.15) is 11.2 Å². The number of hydrogen-bond acceptors (Lipinski definition) is 4. The topological polar surface area (TPSA) is 72.5 Å². The van der Waals surface area contributed by atoms with Gasteiger partial charge in [-0.2, -0.15) is 0 Å².